The predicted octanol–water partition coefficient (Wildman–Crippen LogP) is 2.98. The van der Waals surface area contributed by atoms with Gasteiger partial charge in [-0.2, -0.15) is 0 Å². The van der Waals surface area contributed by atoms with Gasteiger partial charge in [0.2, 0.25) is 0 Å². The maximum absolute atomic E-state index is 12.4. The molecule has 1 fully saturated rings. The van der Waals surface area contributed by atoms with Crippen molar-refractivity contribution in [1.82, 2.24) is 0 Å². The number of non-ortho nitro benzene ring substituents is 1. The van der Waals surface area contributed by atoms with E-state index in [0.717, 1.165) is 24.0 Å². The van der Waals surface area contributed by atoms with Crippen LogP contribution in [0.4, 0.5) is 17.1 Å². The highest BCUT2D eigenvalue weighted by Crippen LogP contribution is 2.50. The van der Waals surface area contributed by atoms with Gasteiger partial charge in [-0.25, -0.2) is 0 Å². The normalized spacial score (nSPS) is 20.7. The first-order valence-corrected chi connectivity index (χ1v) is 6.29. The van der Waals surface area contributed by atoms with Crippen LogP contribution in [0.5, 0.6) is 0 Å². The SMILES string of the molecule is O=[N+]([O-])c1ccc2c(c1)N([O-])C1(CCCCC1)[N+]2=O. The summed E-state index contributed by atoms with van der Waals surface area (Å²) in [6, 6.07) is 3.82. The smallest absolute Gasteiger partial charge is 0.282 e. The van der Waals surface area contributed by atoms with E-state index in [1.165, 1.54) is 18.2 Å². The highest BCUT2D eigenvalue weighted by molar-refractivity contribution is 5.71. The molecular formula is C12H13N3O4. The lowest BCUT2D eigenvalue weighted by Crippen LogP contribution is -2.49. The number of fused-ring (bicyclic) bond motifs is 1. The molecule has 3 rings (SSSR count). The molecule has 0 radical (unpaired) electrons. The van der Waals surface area contributed by atoms with Gasteiger partial charge in [-0.3, -0.25) is 10.1 Å². The molecule has 0 N–H and O–H groups in total. The molecule has 0 saturated heterocycles. The van der Waals surface area contributed by atoms with Crippen LogP contribution in [0.3, 0.4) is 0 Å². The van der Waals surface area contributed by atoms with E-state index in [1.807, 2.05) is 0 Å². The monoisotopic (exact) mass is 263 g/mol. The number of hydrogen-bond donors (Lipinski definition) is 0. The van der Waals surface area contributed by atoms with Gasteiger partial charge >= 0.3 is 0 Å². The highest BCUT2D eigenvalue weighted by Gasteiger charge is 2.56. The predicted molar refractivity (Wildman–Crippen MR) is 68.0 cm³/mol. The van der Waals surface area contributed by atoms with Gasteiger partial charge in [0.1, 0.15) is 5.69 Å². The number of anilines is 1. The maximum atomic E-state index is 12.4. The molecule has 1 aliphatic carbocycles. The number of rotatable bonds is 1. The first-order valence-electron chi connectivity index (χ1n) is 6.29. The van der Waals surface area contributed by atoms with Crippen LogP contribution in [0.1, 0.15) is 32.1 Å². The summed E-state index contributed by atoms with van der Waals surface area (Å²) in [6.07, 6.45) is 3.67. The first kappa shape index (κ1) is 12.0. The summed E-state index contributed by atoms with van der Waals surface area (Å²) in [5.41, 5.74) is -0.898. The van der Waals surface area contributed by atoms with Gasteiger partial charge in [0.15, 0.2) is 0 Å². The second-order valence-corrected chi connectivity index (χ2v) is 5.06. The van der Waals surface area contributed by atoms with E-state index in [4.69, 9.17) is 0 Å². The Morgan fingerprint density at radius 1 is 1.26 bits per heavy atom. The number of nitro groups is 1. The van der Waals surface area contributed by atoms with Crippen LogP contribution < -0.4 is 5.06 Å². The van der Waals surface area contributed by atoms with Crippen LogP contribution in [0, 0.1) is 20.2 Å². The van der Waals surface area contributed by atoms with Crippen molar-refractivity contribution in [2.24, 2.45) is 0 Å². The maximum Gasteiger partial charge on any atom is 0.282 e. The number of nitrogens with zero attached hydrogens (tertiary/aromatic N) is 3. The van der Waals surface area contributed by atoms with Crippen LogP contribution in [0.2, 0.25) is 0 Å². The lowest BCUT2D eigenvalue weighted by atomic mass is 9.89. The van der Waals surface area contributed by atoms with E-state index in [2.05, 4.69) is 0 Å². The third-order valence-corrected chi connectivity index (χ3v) is 4.02. The Labute approximate surface area is 109 Å². The summed E-state index contributed by atoms with van der Waals surface area (Å²) in [7, 11) is 0. The minimum Gasteiger partial charge on any atom is -0.753 e. The van der Waals surface area contributed by atoms with Crippen molar-refractivity contribution in [3.8, 4) is 0 Å². The molecule has 100 valence electrons. The first-order chi connectivity index (χ1) is 9.06. The molecule has 0 amide bonds. The second kappa shape index (κ2) is 3.99. The molecule has 1 aromatic rings. The third-order valence-electron chi connectivity index (χ3n) is 4.02. The van der Waals surface area contributed by atoms with Gasteiger partial charge in [0.25, 0.3) is 17.0 Å². The molecule has 19 heavy (non-hydrogen) atoms. The van der Waals surface area contributed by atoms with E-state index in [-0.39, 0.29) is 17.1 Å². The molecule has 2 aliphatic rings. The van der Waals surface area contributed by atoms with Gasteiger partial charge in [-0.15, -0.1) is 0 Å². The van der Waals surface area contributed by atoms with E-state index in [0.29, 0.717) is 17.9 Å². The second-order valence-electron chi connectivity index (χ2n) is 5.06. The molecule has 0 bridgehead atoms. The van der Waals surface area contributed by atoms with Crippen molar-refractivity contribution in [1.29, 1.82) is 0 Å². The molecule has 1 saturated carbocycles. The summed E-state index contributed by atoms with van der Waals surface area (Å²) in [4.78, 5) is 22.6. The standard InChI is InChI=1S/C12H13N3O4/c16-13-10-5-4-9(15(18)19)8-11(10)14(17)12(13)6-2-1-3-7-12/h4-5,8H,1-3,6-7H2. The molecule has 1 heterocycles. The van der Waals surface area contributed by atoms with Crippen molar-refractivity contribution < 1.29 is 9.68 Å². The Hall–Kier alpha value is -2.02. The number of hydrogen-bond acceptors (Lipinski definition) is 5. The zero-order chi connectivity index (χ0) is 13.6. The van der Waals surface area contributed by atoms with E-state index < -0.39 is 10.6 Å². The molecule has 0 unspecified atom stereocenters. The van der Waals surface area contributed by atoms with Gasteiger partial charge < -0.3 is 10.3 Å². The van der Waals surface area contributed by atoms with Crippen LogP contribution in [-0.2, 0) is 0 Å². The Balaban J connectivity index is 2.08. The molecule has 7 heteroatoms. The lowest BCUT2D eigenvalue weighted by molar-refractivity contribution is -0.547. The van der Waals surface area contributed by atoms with Crippen LogP contribution >= 0.6 is 0 Å². The topological polar surface area (TPSA) is 89.5 Å². The number of nitroso groups, excluding NO2 is 1. The summed E-state index contributed by atoms with van der Waals surface area (Å²) in [5, 5.41) is 23.8. The Bertz CT molecular complexity index is 566. The van der Waals surface area contributed by atoms with Crippen LogP contribution in [-0.4, -0.2) is 15.3 Å². The minimum atomic E-state index is -1.09. The number of hydroxylamine groups is 1. The minimum absolute atomic E-state index is 0.117. The fraction of sp³-hybridized carbons (Fsp3) is 0.500. The zero-order valence-corrected chi connectivity index (χ0v) is 10.2. The van der Waals surface area contributed by atoms with Crippen molar-refractivity contribution in [2.45, 2.75) is 37.8 Å². The summed E-state index contributed by atoms with van der Waals surface area (Å²) < 4.78 is 0.748. The van der Waals surface area contributed by atoms with E-state index in [9.17, 15) is 20.2 Å². The summed E-state index contributed by atoms with van der Waals surface area (Å²) in [6.45, 7) is 0. The van der Waals surface area contributed by atoms with Crippen LogP contribution in [0.25, 0.3) is 0 Å². The zero-order valence-electron chi connectivity index (χ0n) is 10.2. The average molecular weight is 263 g/mol. The van der Waals surface area contributed by atoms with E-state index in [1.54, 1.807) is 0 Å². The van der Waals surface area contributed by atoms with Gasteiger partial charge in [-0.05, 0) is 12.8 Å². The Morgan fingerprint density at radius 2 is 1.95 bits per heavy atom. The molecule has 7 nitrogen and oxygen atoms in total. The number of benzene rings is 1. The van der Waals surface area contributed by atoms with Gasteiger partial charge in [0, 0.05) is 35.9 Å². The largest absolute Gasteiger partial charge is 0.753 e. The molecule has 1 spiro atoms. The van der Waals surface area contributed by atoms with Crippen molar-refractivity contribution >= 4 is 17.1 Å². The Kier molecular flexibility index (Phi) is 2.53. The summed E-state index contributed by atoms with van der Waals surface area (Å²) >= 11 is 0. The molecule has 0 atom stereocenters. The third kappa shape index (κ3) is 1.54. The average Bonchev–Trinajstić information content (AvgIpc) is 2.63. The highest BCUT2D eigenvalue weighted by atomic mass is 16.6. The number of nitro benzene ring substituents is 1. The van der Waals surface area contributed by atoms with E-state index >= 15 is 0 Å². The summed E-state index contributed by atoms with van der Waals surface area (Å²) in [5.74, 6) is 0. The van der Waals surface area contributed by atoms with Crippen molar-refractivity contribution in [3.05, 3.63) is 38.4 Å². The van der Waals surface area contributed by atoms with Crippen molar-refractivity contribution in [3.63, 3.8) is 0 Å². The fourth-order valence-corrected chi connectivity index (χ4v) is 3.01. The fourth-order valence-electron chi connectivity index (χ4n) is 3.01. The molecular weight excluding hydrogens is 250 g/mol. The van der Waals surface area contributed by atoms with Crippen LogP contribution in [0.15, 0.2) is 18.2 Å². The lowest BCUT2D eigenvalue weighted by Gasteiger charge is -2.38. The molecule has 1 aromatic carbocycles. The van der Waals surface area contributed by atoms with Gasteiger partial charge in [0.05, 0.1) is 9.68 Å². The molecule has 1 aliphatic heterocycles. The van der Waals surface area contributed by atoms with Crippen molar-refractivity contribution in [2.75, 3.05) is 5.06 Å². The van der Waals surface area contributed by atoms with Gasteiger partial charge in [-0.1, -0.05) is 6.42 Å². The quantitative estimate of drug-likeness (QED) is 0.441. The molecule has 0 aromatic heterocycles. The Morgan fingerprint density at radius 3 is 2.58 bits per heavy atom.